The molecule has 0 unspecified atom stereocenters. The zero-order valence-electron chi connectivity index (χ0n) is 13.4. The number of hydrogen-bond donors (Lipinski definition) is 0. The molecule has 1 aromatic carbocycles. The van der Waals surface area contributed by atoms with Gasteiger partial charge in [0.05, 0.1) is 5.56 Å². The minimum absolute atomic E-state index is 0.203. The van der Waals surface area contributed by atoms with E-state index < -0.39 is 17.2 Å². The van der Waals surface area contributed by atoms with Crippen LogP contribution < -0.4 is 0 Å². The second kappa shape index (κ2) is 6.91. The molecular weight excluding hydrogens is 310 g/mol. The maximum Gasteiger partial charge on any atom is 0.155 e. The molecule has 24 heavy (non-hydrogen) atoms. The lowest BCUT2D eigenvalue weighted by atomic mass is 9.92. The Balaban J connectivity index is 2.09. The van der Waals surface area contributed by atoms with Crippen molar-refractivity contribution in [3.05, 3.63) is 70.7 Å². The van der Waals surface area contributed by atoms with Crippen LogP contribution in [0.2, 0.25) is 0 Å². The fourth-order valence-electron chi connectivity index (χ4n) is 2.92. The van der Waals surface area contributed by atoms with Crippen molar-refractivity contribution in [1.82, 2.24) is 9.88 Å². The Morgan fingerprint density at radius 1 is 1.29 bits per heavy atom. The number of unbranched alkanes of at least 4 members (excludes halogenated alkanes) is 1. The normalized spacial score (nSPS) is 13.5. The number of benzene rings is 1. The van der Waals surface area contributed by atoms with Crippen molar-refractivity contribution in [3.8, 4) is 0 Å². The SMILES string of the molecule is CCCCN1C=C(c2cc(F)c(C=O)c(F)c2)c2ccncc2C1. The number of pyridine rings is 1. The quantitative estimate of drug-likeness (QED) is 0.772. The van der Waals surface area contributed by atoms with E-state index in [0.717, 1.165) is 42.6 Å². The number of nitrogens with zero attached hydrogens (tertiary/aromatic N) is 2. The molecule has 3 rings (SSSR count). The fraction of sp³-hybridized carbons (Fsp3) is 0.263. The highest BCUT2D eigenvalue weighted by molar-refractivity contribution is 5.84. The van der Waals surface area contributed by atoms with Crippen molar-refractivity contribution in [1.29, 1.82) is 0 Å². The first-order valence-corrected chi connectivity index (χ1v) is 7.97. The minimum atomic E-state index is -0.845. The molecule has 1 aliphatic heterocycles. The predicted octanol–water partition coefficient (Wildman–Crippen LogP) is 4.18. The Bertz CT molecular complexity index is 779. The molecule has 0 N–H and O–H groups in total. The molecule has 0 atom stereocenters. The Labute approximate surface area is 139 Å². The van der Waals surface area contributed by atoms with Crippen molar-refractivity contribution in [2.75, 3.05) is 6.54 Å². The van der Waals surface area contributed by atoms with Gasteiger partial charge < -0.3 is 4.90 Å². The van der Waals surface area contributed by atoms with Crippen LogP contribution in [0.3, 0.4) is 0 Å². The molecule has 0 fully saturated rings. The summed E-state index contributed by atoms with van der Waals surface area (Å²) in [5.74, 6) is -1.69. The molecular formula is C19H18F2N2O. The van der Waals surface area contributed by atoms with Gasteiger partial charge in [-0.05, 0) is 41.3 Å². The summed E-state index contributed by atoms with van der Waals surface area (Å²) in [7, 11) is 0. The number of hydrogen-bond acceptors (Lipinski definition) is 3. The van der Waals surface area contributed by atoms with E-state index in [2.05, 4.69) is 16.8 Å². The van der Waals surface area contributed by atoms with E-state index in [1.54, 1.807) is 12.4 Å². The lowest BCUT2D eigenvalue weighted by molar-refractivity contribution is 0.111. The highest BCUT2D eigenvalue weighted by atomic mass is 19.1. The third-order valence-electron chi connectivity index (χ3n) is 4.19. The number of fused-ring (bicyclic) bond motifs is 1. The zero-order chi connectivity index (χ0) is 17.1. The molecule has 124 valence electrons. The van der Waals surface area contributed by atoms with Crippen molar-refractivity contribution in [2.45, 2.75) is 26.3 Å². The summed E-state index contributed by atoms with van der Waals surface area (Å²) in [6.45, 7) is 3.71. The smallest absolute Gasteiger partial charge is 0.155 e. The molecule has 1 aliphatic rings. The summed E-state index contributed by atoms with van der Waals surface area (Å²) in [6.07, 6.45) is 7.69. The number of carbonyl (C=O) groups excluding carboxylic acids is 1. The average Bonchev–Trinajstić information content (AvgIpc) is 2.59. The molecule has 0 bridgehead atoms. The standard InChI is InChI=1S/C19H18F2N2O/c1-2-3-6-23-10-14-9-22-5-4-15(14)16(11-23)13-7-18(20)17(12-24)19(21)8-13/h4-5,7-9,11-12H,2-3,6,10H2,1H3. The summed E-state index contributed by atoms with van der Waals surface area (Å²) in [6, 6.07) is 4.28. The van der Waals surface area contributed by atoms with E-state index in [0.29, 0.717) is 5.56 Å². The van der Waals surface area contributed by atoms with Gasteiger partial charge in [0.1, 0.15) is 11.6 Å². The molecule has 2 aromatic rings. The maximum atomic E-state index is 14.0. The molecule has 0 spiro atoms. The van der Waals surface area contributed by atoms with Gasteiger partial charge in [-0.3, -0.25) is 9.78 Å². The Hall–Kier alpha value is -2.56. The molecule has 3 nitrogen and oxygen atoms in total. The van der Waals surface area contributed by atoms with Gasteiger partial charge in [-0.2, -0.15) is 0 Å². The fourth-order valence-corrected chi connectivity index (χ4v) is 2.92. The van der Waals surface area contributed by atoms with Crippen LogP contribution in [-0.2, 0) is 6.54 Å². The van der Waals surface area contributed by atoms with Gasteiger partial charge in [0.15, 0.2) is 6.29 Å². The third kappa shape index (κ3) is 3.07. The number of halogens is 2. The van der Waals surface area contributed by atoms with Crippen LogP contribution in [0.25, 0.3) is 5.57 Å². The first-order chi connectivity index (χ1) is 11.6. The Kier molecular flexibility index (Phi) is 4.69. The lowest BCUT2D eigenvalue weighted by Gasteiger charge is -2.29. The monoisotopic (exact) mass is 328 g/mol. The molecule has 0 saturated heterocycles. The molecule has 2 heterocycles. The van der Waals surface area contributed by atoms with Gasteiger partial charge in [0, 0.05) is 37.3 Å². The van der Waals surface area contributed by atoms with Gasteiger partial charge in [-0.1, -0.05) is 13.3 Å². The van der Waals surface area contributed by atoms with Crippen LogP contribution in [0, 0.1) is 11.6 Å². The van der Waals surface area contributed by atoms with E-state index in [-0.39, 0.29) is 6.29 Å². The van der Waals surface area contributed by atoms with Crippen LogP contribution in [0.5, 0.6) is 0 Å². The predicted molar refractivity (Wildman–Crippen MR) is 88.4 cm³/mol. The molecule has 1 aromatic heterocycles. The largest absolute Gasteiger partial charge is 0.372 e. The number of aromatic nitrogens is 1. The van der Waals surface area contributed by atoms with Gasteiger partial charge in [0.2, 0.25) is 0 Å². The number of aldehydes is 1. The van der Waals surface area contributed by atoms with Crippen LogP contribution >= 0.6 is 0 Å². The van der Waals surface area contributed by atoms with E-state index in [9.17, 15) is 13.6 Å². The summed E-state index contributed by atoms with van der Waals surface area (Å²) < 4.78 is 28.0. The summed E-state index contributed by atoms with van der Waals surface area (Å²) in [5.41, 5.74) is 2.56. The minimum Gasteiger partial charge on any atom is -0.372 e. The topological polar surface area (TPSA) is 33.2 Å². The first kappa shape index (κ1) is 16.3. The lowest BCUT2D eigenvalue weighted by Crippen LogP contribution is -2.23. The van der Waals surface area contributed by atoms with Crippen LogP contribution in [0.15, 0.2) is 36.8 Å². The number of carbonyl (C=O) groups is 1. The van der Waals surface area contributed by atoms with Gasteiger partial charge >= 0.3 is 0 Å². The van der Waals surface area contributed by atoms with E-state index in [4.69, 9.17) is 0 Å². The highest BCUT2D eigenvalue weighted by Gasteiger charge is 2.20. The van der Waals surface area contributed by atoms with Gasteiger partial charge in [0.25, 0.3) is 0 Å². The summed E-state index contributed by atoms with van der Waals surface area (Å²) in [4.78, 5) is 17.1. The average molecular weight is 328 g/mol. The maximum absolute atomic E-state index is 14.0. The second-order valence-corrected chi connectivity index (χ2v) is 5.87. The second-order valence-electron chi connectivity index (χ2n) is 5.87. The van der Waals surface area contributed by atoms with Crippen molar-refractivity contribution < 1.29 is 13.6 Å². The summed E-state index contributed by atoms with van der Waals surface area (Å²) in [5, 5.41) is 0. The number of rotatable bonds is 5. The van der Waals surface area contributed by atoms with Crippen molar-refractivity contribution in [2.24, 2.45) is 0 Å². The zero-order valence-corrected chi connectivity index (χ0v) is 13.4. The first-order valence-electron chi connectivity index (χ1n) is 7.97. The van der Waals surface area contributed by atoms with Crippen LogP contribution in [0.1, 0.15) is 46.8 Å². The molecule has 0 saturated carbocycles. The van der Waals surface area contributed by atoms with Crippen molar-refractivity contribution in [3.63, 3.8) is 0 Å². The molecule has 0 aliphatic carbocycles. The molecule has 0 amide bonds. The van der Waals surface area contributed by atoms with E-state index >= 15 is 0 Å². The third-order valence-corrected chi connectivity index (χ3v) is 4.19. The summed E-state index contributed by atoms with van der Waals surface area (Å²) >= 11 is 0. The Morgan fingerprint density at radius 3 is 2.71 bits per heavy atom. The van der Waals surface area contributed by atoms with Gasteiger partial charge in [-0.25, -0.2) is 8.78 Å². The van der Waals surface area contributed by atoms with Crippen molar-refractivity contribution >= 4 is 11.9 Å². The highest BCUT2D eigenvalue weighted by Crippen LogP contribution is 2.32. The van der Waals surface area contributed by atoms with Crippen LogP contribution in [-0.4, -0.2) is 22.7 Å². The van der Waals surface area contributed by atoms with Crippen LogP contribution in [0.4, 0.5) is 8.78 Å². The Morgan fingerprint density at radius 2 is 2.04 bits per heavy atom. The van der Waals surface area contributed by atoms with E-state index in [1.807, 2.05) is 12.3 Å². The molecule has 5 heteroatoms. The van der Waals surface area contributed by atoms with Gasteiger partial charge in [-0.15, -0.1) is 0 Å². The molecule has 0 radical (unpaired) electrons. The van der Waals surface area contributed by atoms with E-state index in [1.165, 1.54) is 12.1 Å².